The van der Waals surface area contributed by atoms with Gasteiger partial charge in [0.1, 0.15) is 0 Å². The van der Waals surface area contributed by atoms with E-state index in [1.165, 1.54) is 12.8 Å². The van der Waals surface area contributed by atoms with Crippen LogP contribution in [0.2, 0.25) is 0 Å². The fourth-order valence-electron chi connectivity index (χ4n) is 4.97. The molecule has 2 aromatic rings. The number of carbonyl (C=O) groups is 2. The van der Waals surface area contributed by atoms with E-state index in [9.17, 15) is 18.0 Å². The van der Waals surface area contributed by atoms with E-state index in [0.29, 0.717) is 43.2 Å². The third kappa shape index (κ3) is 6.42. The van der Waals surface area contributed by atoms with E-state index in [-0.39, 0.29) is 22.6 Å². The number of carbonyl (C=O) groups excluding carboxylic acids is 2. The molecule has 0 unspecified atom stereocenters. The van der Waals surface area contributed by atoms with Gasteiger partial charge in [-0.15, -0.1) is 0 Å². The maximum atomic E-state index is 13.1. The molecule has 0 radical (unpaired) electrons. The van der Waals surface area contributed by atoms with E-state index in [1.807, 2.05) is 12.1 Å². The number of rotatable bonds is 8. The van der Waals surface area contributed by atoms with Crippen molar-refractivity contribution < 1.29 is 18.0 Å². The Hall–Kier alpha value is -2.87. The van der Waals surface area contributed by atoms with E-state index < -0.39 is 10.0 Å². The minimum absolute atomic E-state index is 0.0542. The van der Waals surface area contributed by atoms with Crippen LogP contribution in [0.1, 0.15) is 67.8 Å². The van der Waals surface area contributed by atoms with Gasteiger partial charge in [-0.1, -0.05) is 44.4 Å². The molecule has 0 atom stereocenters. The molecule has 1 saturated heterocycles. The zero-order valence-corrected chi connectivity index (χ0v) is 21.1. The Balaban J connectivity index is 1.35. The summed E-state index contributed by atoms with van der Waals surface area (Å²) in [6.45, 7) is 3.11. The minimum atomic E-state index is -3.76. The topological polar surface area (TPSA) is 95.6 Å². The standard InChI is InChI=1S/C27H35N3O4S/c1-2-6-20-11-13-25(14-12-20)35(33,34)29-24-10-5-7-22(19-24)27(32)30-17-15-21(16-18-30)26(31)28-23-8-3-4-9-23/h5,7,10-14,19,21,23,29H,2-4,6,8-9,15-18H2,1H3,(H,28,31). The van der Waals surface area contributed by atoms with Gasteiger partial charge < -0.3 is 10.2 Å². The Morgan fingerprint density at radius 2 is 1.66 bits per heavy atom. The van der Waals surface area contributed by atoms with E-state index in [1.54, 1.807) is 41.3 Å². The Labute approximate surface area is 208 Å². The number of amides is 2. The molecule has 35 heavy (non-hydrogen) atoms. The number of nitrogens with zero attached hydrogens (tertiary/aromatic N) is 1. The van der Waals surface area contributed by atoms with Gasteiger partial charge >= 0.3 is 0 Å². The Kier molecular flexibility index (Phi) is 8.11. The van der Waals surface area contributed by atoms with Gasteiger partial charge in [-0.05, 0) is 68.0 Å². The maximum absolute atomic E-state index is 13.1. The first-order chi connectivity index (χ1) is 16.9. The Morgan fingerprint density at radius 1 is 0.971 bits per heavy atom. The van der Waals surface area contributed by atoms with E-state index in [0.717, 1.165) is 31.2 Å². The van der Waals surface area contributed by atoms with Crippen molar-refractivity contribution in [3.05, 3.63) is 59.7 Å². The van der Waals surface area contributed by atoms with Crippen LogP contribution in [0.4, 0.5) is 5.69 Å². The van der Waals surface area contributed by atoms with Crippen molar-refractivity contribution in [3.63, 3.8) is 0 Å². The van der Waals surface area contributed by atoms with Gasteiger partial charge in [0.2, 0.25) is 5.91 Å². The lowest BCUT2D eigenvalue weighted by molar-refractivity contribution is -0.127. The average molecular weight is 498 g/mol. The molecular weight excluding hydrogens is 462 g/mol. The fourth-order valence-corrected chi connectivity index (χ4v) is 6.02. The lowest BCUT2D eigenvalue weighted by Crippen LogP contribution is -2.44. The number of piperidine rings is 1. The summed E-state index contributed by atoms with van der Waals surface area (Å²) in [5, 5.41) is 3.17. The predicted molar refractivity (Wildman–Crippen MR) is 137 cm³/mol. The van der Waals surface area contributed by atoms with Crippen LogP contribution in [0.25, 0.3) is 0 Å². The van der Waals surface area contributed by atoms with Crippen molar-refractivity contribution in [1.82, 2.24) is 10.2 Å². The Bertz CT molecular complexity index is 1130. The zero-order valence-electron chi connectivity index (χ0n) is 20.3. The molecule has 188 valence electrons. The van der Waals surface area contributed by atoms with Crippen molar-refractivity contribution in [2.75, 3.05) is 17.8 Å². The molecule has 8 heteroatoms. The summed E-state index contributed by atoms with van der Waals surface area (Å²) < 4.78 is 28.3. The molecule has 2 N–H and O–H groups in total. The van der Waals surface area contributed by atoms with E-state index in [2.05, 4.69) is 17.0 Å². The second-order valence-electron chi connectivity index (χ2n) is 9.64. The van der Waals surface area contributed by atoms with Gasteiger partial charge in [-0.25, -0.2) is 8.42 Å². The molecule has 0 spiro atoms. The lowest BCUT2D eigenvalue weighted by atomic mass is 9.95. The van der Waals surface area contributed by atoms with Crippen LogP contribution >= 0.6 is 0 Å². The molecule has 4 rings (SSSR count). The molecule has 2 aliphatic rings. The van der Waals surface area contributed by atoms with Crippen LogP contribution in [0, 0.1) is 5.92 Å². The van der Waals surface area contributed by atoms with Crippen molar-refractivity contribution >= 4 is 27.5 Å². The molecule has 2 amide bonds. The quantitative estimate of drug-likeness (QED) is 0.567. The summed E-state index contributed by atoms with van der Waals surface area (Å²) in [6.07, 6.45) is 7.67. The largest absolute Gasteiger partial charge is 0.353 e. The number of aryl methyl sites for hydroxylation is 1. The normalized spacial score (nSPS) is 17.3. The number of sulfonamides is 1. The van der Waals surface area contributed by atoms with Crippen LogP contribution in [0.3, 0.4) is 0 Å². The summed E-state index contributed by atoms with van der Waals surface area (Å²) in [6, 6.07) is 13.8. The highest BCUT2D eigenvalue weighted by Crippen LogP contribution is 2.24. The predicted octanol–water partition coefficient (Wildman–Crippen LogP) is 4.35. The number of likely N-dealkylation sites (tertiary alicyclic amines) is 1. The first kappa shape index (κ1) is 25.2. The number of nitrogens with one attached hydrogen (secondary N) is 2. The molecule has 2 fully saturated rings. The molecular formula is C27H35N3O4S. The molecule has 1 aliphatic heterocycles. The smallest absolute Gasteiger partial charge is 0.261 e. The molecule has 1 heterocycles. The summed E-state index contributed by atoms with van der Waals surface area (Å²) in [5.74, 6) is -0.0887. The molecule has 0 bridgehead atoms. The number of hydrogen-bond acceptors (Lipinski definition) is 4. The maximum Gasteiger partial charge on any atom is 0.261 e. The molecule has 2 aromatic carbocycles. The van der Waals surface area contributed by atoms with Gasteiger partial charge in [0.15, 0.2) is 0 Å². The van der Waals surface area contributed by atoms with Crippen LogP contribution < -0.4 is 10.0 Å². The highest BCUT2D eigenvalue weighted by Gasteiger charge is 2.29. The summed E-state index contributed by atoms with van der Waals surface area (Å²) in [7, 11) is -3.76. The van der Waals surface area contributed by atoms with Gasteiger partial charge in [-0.3, -0.25) is 14.3 Å². The number of anilines is 1. The van der Waals surface area contributed by atoms with Gasteiger partial charge in [0.05, 0.1) is 4.90 Å². The fraction of sp³-hybridized carbons (Fsp3) is 0.481. The van der Waals surface area contributed by atoms with Gasteiger partial charge in [-0.2, -0.15) is 0 Å². The highest BCUT2D eigenvalue weighted by atomic mass is 32.2. The van der Waals surface area contributed by atoms with E-state index in [4.69, 9.17) is 0 Å². The first-order valence-corrected chi connectivity index (χ1v) is 14.2. The lowest BCUT2D eigenvalue weighted by Gasteiger charge is -2.32. The third-order valence-corrected chi connectivity index (χ3v) is 8.39. The second-order valence-corrected chi connectivity index (χ2v) is 11.3. The zero-order chi connectivity index (χ0) is 24.8. The Morgan fingerprint density at radius 3 is 2.31 bits per heavy atom. The molecule has 1 aliphatic carbocycles. The van der Waals surface area contributed by atoms with Crippen molar-refractivity contribution in [2.24, 2.45) is 5.92 Å². The van der Waals surface area contributed by atoms with Crippen molar-refractivity contribution in [3.8, 4) is 0 Å². The van der Waals surface area contributed by atoms with Crippen LogP contribution in [0.15, 0.2) is 53.4 Å². The van der Waals surface area contributed by atoms with Crippen molar-refractivity contribution in [1.29, 1.82) is 0 Å². The summed E-state index contributed by atoms with van der Waals surface area (Å²) >= 11 is 0. The third-order valence-electron chi connectivity index (χ3n) is 6.99. The summed E-state index contributed by atoms with van der Waals surface area (Å²) in [4.78, 5) is 27.6. The van der Waals surface area contributed by atoms with E-state index >= 15 is 0 Å². The average Bonchev–Trinajstić information content (AvgIpc) is 3.37. The van der Waals surface area contributed by atoms with Crippen LogP contribution in [0.5, 0.6) is 0 Å². The number of hydrogen-bond donors (Lipinski definition) is 2. The monoisotopic (exact) mass is 497 g/mol. The molecule has 1 saturated carbocycles. The number of benzene rings is 2. The highest BCUT2D eigenvalue weighted by molar-refractivity contribution is 7.92. The first-order valence-electron chi connectivity index (χ1n) is 12.7. The molecule has 7 nitrogen and oxygen atoms in total. The van der Waals surface area contributed by atoms with Crippen LogP contribution in [-0.4, -0.2) is 44.3 Å². The van der Waals surface area contributed by atoms with Crippen LogP contribution in [-0.2, 0) is 21.2 Å². The molecule has 0 aromatic heterocycles. The van der Waals surface area contributed by atoms with Crippen molar-refractivity contribution in [2.45, 2.75) is 69.2 Å². The van der Waals surface area contributed by atoms with Gasteiger partial charge in [0.25, 0.3) is 15.9 Å². The second kappa shape index (κ2) is 11.2. The SMILES string of the molecule is CCCc1ccc(S(=O)(=O)Nc2cccc(C(=O)N3CCC(C(=O)NC4CCCC4)CC3)c2)cc1. The minimum Gasteiger partial charge on any atom is -0.353 e. The summed E-state index contributed by atoms with van der Waals surface area (Å²) in [5.41, 5.74) is 1.87. The van der Waals surface area contributed by atoms with Gasteiger partial charge in [0, 0.05) is 36.3 Å².